The van der Waals surface area contributed by atoms with Gasteiger partial charge in [0.15, 0.2) is 0 Å². The summed E-state index contributed by atoms with van der Waals surface area (Å²) in [5, 5.41) is 4.36. The van der Waals surface area contributed by atoms with Crippen LogP contribution in [0.5, 0.6) is 0 Å². The van der Waals surface area contributed by atoms with Gasteiger partial charge in [0.25, 0.3) is 0 Å². The molecule has 84 valence electrons. The maximum atomic E-state index is 5.91. The molecule has 2 rings (SSSR count). The van der Waals surface area contributed by atoms with Crippen molar-refractivity contribution < 1.29 is 4.74 Å². The van der Waals surface area contributed by atoms with E-state index in [1.807, 2.05) is 11.6 Å². The molecule has 2 heterocycles. The lowest BCUT2D eigenvalue weighted by Gasteiger charge is -2.11. The van der Waals surface area contributed by atoms with E-state index in [4.69, 9.17) is 10.5 Å². The fourth-order valence-electron chi connectivity index (χ4n) is 1.93. The number of hydrogen-bond acceptors (Lipinski definition) is 3. The van der Waals surface area contributed by atoms with Gasteiger partial charge in [0, 0.05) is 0 Å². The molecule has 1 saturated heterocycles. The van der Waals surface area contributed by atoms with Crippen LogP contribution >= 0.6 is 15.9 Å². The van der Waals surface area contributed by atoms with Crippen molar-refractivity contribution in [1.82, 2.24) is 9.78 Å². The van der Waals surface area contributed by atoms with Gasteiger partial charge in [-0.2, -0.15) is 5.10 Å². The number of rotatable bonds is 2. The van der Waals surface area contributed by atoms with E-state index in [0.717, 1.165) is 29.6 Å². The summed E-state index contributed by atoms with van der Waals surface area (Å²) in [6, 6.07) is 0. The number of halogens is 1. The SMILES string of the molecule is Cc1nn(CC2CCC(C)O2)c(N)c1Br. The molecule has 2 N–H and O–H groups in total. The fourth-order valence-corrected chi connectivity index (χ4v) is 2.21. The number of aromatic nitrogens is 2. The first-order valence-corrected chi connectivity index (χ1v) is 6.01. The first kappa shape index (κ1) is 11.0. The van der Waals surface area contributed by atoms with Crippen LogP contribution in [-0.2, 0) is 11.3 Å². The van der Waals surface area contributed by atoms with Crippen LogP contribution < -0.4 is 5.73 Å². The summed E-state index contributed by atoms with van der Waals surface area (Å²) in [4.78, 5) is 0. The van der Waals surface area contributed by atoms with Crippen molar-refractivity contribution in [3.8, 4) is 0 Å². The van der Waals surface area contributed by atoms with Gasteiger partial charge in [-0.15, -0.1) is 0 Å². The Labute approximate surface area is 97.9 Å². The van der Waals surface area contributed by atoms with Crippen molar-refractivity contribution in [3.63, 3.8) is 0 Å². The van der Waals surface area contributed by atoms with Crippen LogP contribution in [0.25, 0.3) is 0 Å². The van der Waals surface area contributed by atoms with Crippen LogP contribution in [0.4, 0.5) is 5.82 Å². The smallest absolute Gasteiger partial charge is 0.136 e. The number of nitrogens with two attached hydrogens (primary N) is 1. The van der Waals surface area contributed by atoms with E-state index in [2.05, 4.69) is 28.0 Å². The molecule has 1 aliphatic heterocycles. The molecule has 0 radical (unpaired) electrons. The first-order valence-electron chi connectivity index (χ1n) is 5.21. The number of hydrogen-bond donors (Lipinski definition) is 1. The Morgan fingerprint density at radius 2 is 2.33 bits per heavy atom. The second-order valence-electron chi connectivity index (χ2n) is 4.11. The highest BCUT2D eigenvalue weighted by Gasteiger charge is 2.23. The maximum absolute atomic E-state index is 5.91. The van der Waals surface area contributed by atoms with Crippen LogP contribution in [0.1, 0.15) is 25.5 Å². The third-order valence-electron chi connectivity index (χ3n) is 2.79. The summed E-state index contributed by atoms with van der Waals surface area (Å²) in [6.45, 7) is 4.80. The van der Waals surface area contributed by atoms with Crippen molar-refractivity contribution >= 4 is 21.7 Å². The highest BCUT2D eigenvalue weighted by atomic mass is 79.9. The van der Waals surface area contributed by atoms with Crippen LogP contribution in [0.15, 0.2) is 4.47 Å². The number of nitrogen functional groups attached to an aromatic ring is 1. The lowest BCUT2D eigenvalue weighted by Crippen LogP contribution is -2.18. The predicted octanol–water partition coefficient (Wildman–Crippen LogP) is 2.10. The molecular formula is C10H16BrN3O. The average molecular weight is 274 g/mol. The predicted molar refractivity (Wildman–Crippen MR) is 62.6 cm³/mol. The molecule has 4 nitrogen and oxygen atoms in total. The van der Waals surface area contributed by atoms with Crippen LogP contribution in [0.3, 0.4) is 0 Å². The Balaban J connectivity index is 2.08. The fraction of sp³-hybridized carbons (Fsp3) is 0.700. The quantitative estimate of drug-likeness (QED) is 0.898. The molecular weight excluding hydrogens is 258 g/mol. The minimum Gasteiger partial charge on any atom is -0.383 e. The largest absolute Gasteiger partial charge is 0.383 e. The van der Waals surface area contributed by atoms with Crippen molar-refractivity contribution in [2.45, 2.75) is 45.4 Å². The highest BCUT2D eigenvalue weighted by Crippen LogP contribution is 2.26. The molecule has 1 aliphatic rings. The van der Waals surface area contributed by atoms with Crippen molar-refractivity contribution in [3.05, 3.63) is 10.2 Å². The summed E-state index contributed by atoms with van der Waals surface area (Å²) in [5.41, 5.74) is 6.84. The van der Waals surface area contributed by atoms with Gasteiger partial charge in [0.2, 0.25) is 0 Å². The Kier molecular flexibility index (Phi) is 3.02. The number of ether oxygens (including phenoxy) is 1. The highest BCUT2D eigenvalue weighted by molar-refractivity contribution is 9.10. The minimum absolute atomic E-state index is 0.258. The van der Waals surface area contributed by atoms with E-state index in [9.17, 15) is 0 Å². The number of nitrogens with zero attached hydrogens (tertiary/aromatic N) is 2. The standard InChI is InChI=1S/C10H16BrN3O/c1-6-3-4-8(15-6)5-14-10(12)9(11)7(2)13-14/h6,8H,3-5,12H2,1-2H3. The monoisotopic (exact) mass is 273 g/mol. The van der Waals surface area contributed by atoms with E-state index in [-0.39, 0.29) is 6.10 Å². The molecule has 0 bridgehead atoms. The summed E-state index contributed by atoms with van der Waals surface area (Å²) >= 11 is 3.41. The Morgan fingerprint density at radius 3 is 2.80 bits per heavy atom. The van der Waals surface area contributed by atoms with Crippen molar-refractivity contribution in [1.29, 1.82) is 0 Å². The van der Waals surface area contributed by atoms with E-state index < -0.39 is 0 Å². The molecule has 1 aromatic rings. The van der Waals surface area contributed by atoms with E-state index >= 15 is 0 Å². The topological polar surface area (TPSA) is 53.1 Å². The molecule has 15 heavy (non-hydrogen) atoms. The van der Waals surface area contributed by atoms with Gasteiger partial charge in [0.1, 0.15) is 5.82 Å². The van der Waals surface area contributed by atoms with Gasteiger partial charge in [-0.25, -0.2) is 4.68 Å². The normalized spacial score (nSPS) is 26.1. The Morgan fingerprint density at radius 1 is 1.60 bits per heavy atom. The van der Waals surface area contributed by atoms with Gasteiger partial charge in [-0.1, -0.05) is 0 Å². The van der Waals surface area contributed by atoms with Gasteiger partial charge >= 0.3 is 0 Å². The van der Waals surface area contributed by atoms with Crippen molar-refractivity contribution in [2.75, 3.05) is 5.73 Å². The zero-order valence-corrected chi connectivity index (χ0v) is 10.6. The second kappa shape index (κ2) is 4.14. The molecule has 0 aliphatic carbocycles. The third kappa shape index (κ3) is 2.18. The van der Waals surface area contributed by atoms with Crippen LogP contribution in [-0.4, -0.2) is 22.0 Å². The van der Waals surface area contributed by atoms with Gasteiger partial charge in [-0.05, 0) is 42.6 Å². The van der Waals surface area contributed by atoms with E-state index in [1.165, 1.54) is 0 Å². The molecule has 0 saturated carbocycles. The molecule has 2 atom stereocenters. The second-order valence-corrected chi connectivity index (χ2v) is 4.91. The zero-order chi connectivity index (χ0) is 11.0. The van der Waals surface area contributed by atoms with E-state index in [1.54, 1.807) is 0 Å². The minimum atomic E-state index is 0.258. The lowest BCUT2D eigenvalue weighted by atomic mass is 10.2. The van der Waals surface area contributed by atoms with E-state index in [0.29, 0.717) is 11.9 Å². The summed E-state index contributed by atoms with van der Waals surface area (Å²) in [7, 11) is 0. The summed E-state index contributed by atoms with van der Waals surface area (Å²) in [6.07, 6.45) is 2.85. The number of aryl methyl sites for hydroxylation is 1. The lowest BCUT2D eigenvalue weighted by molar-refractivity contribution is 0.0440. The molecule has 0 aromatic carbocycles. The zero-order valence-electron chi connectivity index (χ0n) is 9.03. The van der Waals surface area contributed by atoms with Crippen LogP contribution in [0.2, 0.25) is 0 Å². The molecule has 2 unspecified atom stereocenters. The van der Waals surface area contributed by atoms with Crippen molar-refractivity contribution in [2.24, 2.45) is 0 Å². The molecule has 0 spiro atoms. The first-order chi connectivity index (χ1) is 7.08. The Bertz CT molecular complexity index is 364. The molecule has 1 aromatic heterocycles. The Hall–Kier alpha value is -0.550. The number of anilines is 1. The maximum Gasteiger partial charge on any atom is 0.136 e. The molecule has 1 fully saturated rings. The van der Waals surface area contributed by atoms with Gasteiger partial charge in [0.05, 0.1) is 28.9 Å². The summed E-state index contributed by atoms with van der Waals surface area (Å²) < 4.78 is 8.46. The average Bonchev–Trinajstić information content (AvgIpc) is 2.68. The van der Waals surface area contributed by atoms with Gasteiger partial charge < -0.3 is 10.5 Å². The molecule has 5 heteroatoms. The molecule has 0 amide bonds. The third-order valence-corrected chi connectivity index (χ3v) is 3.77. The summed E-state index contributed by atoms with van der Waals surface area (Å²) in [5.74, 6) is 0.690. The van der Waals surface area contributed by atoms with Crippen LogP contribution in [0, 0.1) is 6.92 Å². The van der Waals surface area contributed by atoms with Gasteiger partial charge in [-0.3, -0.25) is 0 Å².